The van der Waals surface area contributed by atoms with Crippen molar-refractivity contribution in [3.05, 3.63) is 23.8 Å². The first-order valence-electron chi connectivity index (χ1n) is 6.37. The fourth-order valence-corrected chi connectivity index (χ4v) is 4.36. The second kappa shape index (κ2) is 4.46. The predicted molar refractivity (Wildman–Crippen MR) is 70.9 cm³/mol. The van der Waals surface area contributed by atoms with Crippen molar-refractivity contribution in [2.75, 3.05) is 24.2 Å². The number of sulfone groups is 1. The summed E-state index contributed by atoms with van der Waals surface area (Å²) >= 11 is 0. The number of para-hydroxylation sites is 1. The average Bonchev–Trinajstić information content (AvgIpc) is 2.92. The molecule has 2 heterocycles. The van der Waals surface area contributed by atoms with Crippen LogP contribution in [-0.2, 0) is 16.3 Å². The zero-order valence-electron chi connectivity index (χ0n) is 10.2. The fourth-order valence-electron chi connectivity index (χ4n) is 2.66. The highest BCUT2D eigenvalue weighted by Crippen LogP contribution is 2.33. The van der Waals surface area contributed by atoms with E-state index < -0.39 is 9.84 Å². The van der Waals surface area contributed by atoms with Crippen molar-refractivity contribution in [3.63, 3.8) is 0 Å². The lowest BCUT2D eigenvalue weighted by molar-refractivity contribution is 0.312. The first-order valence-corrected chi connectivity index (χ1v) is 8.08. The summed E-state index contributed by atoms with van der Waals surface area (Å²) in [6, 6.07) is 5.94. The lowest BCUT2D eigenvalue weighted by Gasteiger charge is -2.14. The number of rotatable bonds is 3. The standard InChI is InChI=1S/C13H17NO3S/c15-18(16)8-2-4-11(18)9-17-12-5-1-3-10-6-7-14-13(10)12/h1,3,5,11,14H,2,4,6-9H2. The van der Waals surface area contributed by atoms with Gasteiger partial charge in [0.25, 0.3) is 0 Å². The Bertz CT molecular complexity index is 553. The molecule has 98 valence electrons. The van der Waals surface area contributed by atoms with Gasteiger partial charge < -0.3 is 10.1 Å². The molecule has 1 aromatic rings. The number of nitrogens with one attached hydrogen (secondary N) is 1. The second-order valence-electron chi connectivity index (χ2n) is 4.91. The van der Waals surface area contributed by atoms with Crippen LogP contribution in [0.5, 0.6) is 5.75 Å². The first-order chi connectivity index (χ1) is 8.67. The largest absolute Gasteiger partial charge is 0.490 e. The quantitative estimate of drug-likeness (QED) is 0.904. The summed E-state index contributed by atoms with van der Waals surface area (Å²) in [7, 11) is -2.92. The van der Waals surface area contributed by atoms with Gasteiger partial charge in [-0.05, 0) is 30.9 Å². The third kappa shape index (κ3) is 2.07. The van der Waals surface area contributed by atoms with E-state index in [1.54, 1.807) is 0 Å². The molecule has 0 saturated carbocycles. The van der Waals surface area contributed by atoms with Crippen LogP contribution in [0.3, 0.4) is 0 Å². The van der Waals surface area contributed by atoms with E-state index in [1.807, 2.05) is 12.1 Å². The van der Waals surface area contributed by atoms with Gasteiger partial charge in [0.2, 0.25) is 0 Å². The minimum absolute atomic E-state index is 0.278. The Hall–Kier alpha value is -1.23. The van der Waals surface area contributed by atoms with E-state index in [2.05, 4.69) is 11.4 Å². The number of benzene rings is 1. The Morgan fingerprint density at radius 2 is 2.28 bits per heavy atom. The highest BCUT2D eigenvalue weighted by molar-refractivity contribution is 7.92. The van der Waals surface area contributed by atoms with Gasteiger partial charge in [-0.2, -0.15) is 0 Å². The maximum Gasteiger partial charge on any atom is 0.156 e. The molecule has 1 N–H and O–H groups in total. The van der Waals surface area contributed by atoms with Gasteiger partial charge in [0, 0.05) is 6.54 Å². The summed E-state index contributed by atoms with van der Waals surface area (Å²) in [5.74, 6) is 1.10. The van der Waals surface area contributed by atoms with Gasteiger partial charge in [0.1, 0.15) is 12.4 Å². The Morgan fingerprint density at radius 1 is 1.39 bits per heavy atom. The van der Waals surface area contributed by atoms with Crippen LogP contribution in [0, 0.1) is 0 Å². The minimum Gasteiger partial charge on any atom is -0.490 e. The third-order valence-electron chi connectivity index (χ3n) is 3.70. The molecule has 5 heteroatoms. The van der Waals surface area contributed by atoms with E-state index in [9.17, 15) is 8.42 Å². The highest BCUT2D eigenvalue weighted by atomic mass is 32.2. The molecular weight excluding hydrogens is 250 g/mol. The van der Waals surface area contributed by atoms with Gasteiger partial charge in [-0.25, -0.2) is 8.42 Å². The highest BCUT2D eigenvalue weighted by Gasteiger charge is 2.32. The van der Waals surface area contributed by atoms with Crippen molar-refractivity contribution in [1.82, 2.24) is 0 Å². The van der Waals surface area contributed by atoms with Gasteiger partial charge in [0.15, 0.2) is 9.84 Å². The van der Waals surface area contributed by atoms with Crippen molar-refractivity contribution in [2.45, 2.75) is 24.5 Å². The molecule has 18 heavy (non-hydrogen) atoms. The Labute approximate surface area is 107 Å². The van der Waals surface area contributed by atoms with E-state index in [4.69, 9.17) is 4.74 Å². The zero-order chi connectivity index (χ0) is 12.6. The Kier molecular flexibility index (Phi) is 2.93. The molecule has 2 aliphatic heterocycles. The molecule has 1 atom stereocenters. The molecule has 0 bridgehead atoms. The van der Waals surface area contributed by atoms with Gasteiger partial charge in [-0.3, -0.25) is 0 Å². The van der Waals surface area contributed by atoms with Gasteiger partial charge in [0.05, 0.1) is 16.7 Å². The van der Waals surface area contributed by atoms with Crippen molar-refractivity contribution >= 4 is 15.5 Å². The number of anilines is 1. The molecule has 1 unspecified atom stereocenters. The number of hydrogen-bond acceptors (Lipinski definition) is 4. The summed E-state index contributed by atoms with van der Waals surface area (Å²) in [4.78, 5) is 0. The molecule has 0 aromatic heterocycles. The predicted octanol–water partition coefficient (Wildman–Crippen LogP) is 1.61. The van der Waals surface area contributed by atoms with Crippen molar-refractivity contribution in [3.8, 4) is 5.75 Å². The van der Waals surface area contributed by atoms with Gasteiger partial charge in [-0.15, -0.1) is 0 Å². The molecule has 4 nitrogen and oxygen atoms in total. The monoisotopic (exact) mass is 267 g/mol. The molecular formula is C13H17NO3S. The summed E-state index contributed by atoms with van der Waals surface area (Å²) in [6.07, 6.45) is 2.50. The second-order valence-corrected chi connectivity index (χ2v) is 7.31. The average molecular weight is 267 g/mol. The van der Waals surface area contributed by atoms with Crippen LogP contribution >= 0.6 is 0 Å². The van der Waals surface area contributed by atoms with Crippen LogP contribution in [0.1, 0.15) is 18.4 Å². The summed E-state index contributed by atoms with van der Waals surface area (Å²) < 4.78 is 29.2. The maximum atomic E-state index is 11.7. The van der Waals surface area contributed by atoms with Crippen LogP contribution < -0.4 is 10.1 Å². The Balaban J connectivity index is 1.73. The van der Waals surface area contributed by atoms with Crippen molar-refractivity contribution in [1.29, 1.82) is 0 Å². The molecule has 0 spiro atoms. The SMILES string of the molecule is O=S1(=O)CCCC1COc1cccc2c1NCC2. The van der Waals surface area contributed by atoms with Crippen LogP contribution in [0.15, 0.2) is 18.2 Å². The number of fused-ring (bicyclic) bond motifs is 1. The van der Waals surface area contributed by atoms with Gasteiger partial charge in [-0.1, -0.05) is 12.1 Å². The van der Waals surface area contributed by atoms with Gasteiger partial charge >= 0.3 is 0 Å². The minimum atomic E-state index is -2.92. The van der Waals surface area contributed by atoms with E-state index in [0.717, 1.165) is 37.2 Å². The van der Waals surface area contributed by atoms with E-state index in [-0.39, 0.29) is 11.9 Å². The molecule has 1 aromatic carbocycles. The lowest BCUT2D eigenvalue weighted by atomic mass is 10.1. The summed E-state index contributed by atoms with van der Waals surface area (Å²) in [5.41, 5.74) is 2.29. The maximum absolute atomic E-state index is 11.7. The molecule has 0 radical (unpaired) electrons. The van der Waals surface area contributed by atoms with Crippen LogP contribution in [-0.4, -0.2) is 32.6 Å². The molecule has 2 aliphatic rings. The van der Waals surface area contributed by atoms with Crippen LogP contribution in [0.2, 0.25) is 0 Å². The van der Waals surface area contributed by atoms with E-state index in [1.165, 1.54) is 5.56 Å². The van der Waals surface area contributed by atoms with Crippen LogP contribution in [0.25, 0.3) is 0 Å². The smallest absolute Gasteiger partial charge is 0.156 e. The Morgan fingerprint density at radius 3 is 3.06 bits per heavy atom. The number of hydrogen-bond donors (Lipinski definition) is 1. The normalized spacial score (nSPS) is 24.6. The molecule has 0 amide bonds. The number of ether oxygens (including phenoxy) is 1. The van der Waals surface area contributed by atoms with E-state index >= 15 is 0 Å². The lowest BCUT2D eigenvalue weighted by Crippen LogP contribution is -2.23. The molecule has 3 rings (SSSR count). The van der Waals surface area contributed by atoms with E-state index in [0.29, 0.717) is 5.75 Å². The topological polar surface area (TPSA) is 55.4 Å². The van der Waals surface area contributed by atoms with Crippen LogP contribution in [0.4, 0.5) is 5.69 Å². The van der Waals surface area contributed by atoms with Crippen molar-refractivity contribution in [2.24, 2.45) is 0 Å². The van der Waals surface area contributed by atoms with Crippen molar-refractivity contribution < 1.29 is 13.2 Å². The summed E-state index contributed by atoms with van der Waals surface area (Å²) in [5, 5.41) is 2.97. The molecule has 0 aliphatic carbocycles. The molecule has 1 fully saturated rings. The third-order valence-corrected chi connectivity index (χ3v) is 5.94. The first kappa shape index (κ1) is 11.8. The fraction of sp³-hybridized carbons (Fsp3) is 0.538. The zero-order valence-corrected chi connectivity index (χ0v) is 11.0. The summed E-state index contributed by atoms with van der Waals surface area (Å²) in [6.45, 7) is 1.21. The molecule has 1 saturated heterocycles.